The Morgan fingerprint density at radius 2 is 2.19 bits per heavy atom. The summed E-state index contributed by atoms with van der Waals surface area (Å²) in [6.45, 7) is 2.06. The van der Waals surface area contributed by atoms with Gasteiger partial charge in [-0.3, -0.25) is 0 Å². The summed E-state index contributed by atoms with van der Waals surface area (Å²) in [6, 6.07) is 2.14. The van der Waals surface area contributed by atoms with Crippen LogP contribution in [0.1, 0.15) is 26.2 Å². The normalized spacial score (nSPS) is 22.6. The van der Waals surface area contributed by atoms with Crippen LogP contribution in [0, 0.1) is 5.82 Å². The molecule has 0 aliphatic heterocycles. The average Bonchev–Trinajstić information content (AvgIpc) is 2.81. The molecule has 118 valence electrons. The van der Waals surface area contributed by atoms with Crippen LogP contribution in [-0.4, -0.2) is 25.5 Å². The fourth-order valence-electron chi connectivity index (χ4n) is 2.51. The number of nitrogens with one attached hydrogen (secondary N) is 1. The summed E-state index contributed by atoms with van der Waals surface area (Å²) >= 11 is 4.76. The summed E-state index contributed by atoms with van der Waals surface area (Å²) in [5.74, 6) is 0.374. The van der Waals surface area contributed by atoms with Crippen molar-refractivity contribution in [3.05, 3.63) is 22.4 Å². The second kappa shape index (κ2) is 6.85. The van der Waals surface area contributed by atoms with E-state index in [9.17, 15) is 12.8 Å². The zero-order valence-corrected chi connectivity index (χ0v) is 14.8. The van der Waals surface area contributed by atoms with Crippen LogP contribution in [0.2, 0.25) is 0 Å². The van der Waals surface area contributed by atoms with Crippen molar-refractivity contribution in [2.45, 2.75) is 42.4 Å². The lowest BCUT2D eigenvalue weighted by molar-refractivity contribution is 0.555. The first-order valence-electron chi connectivity index (χ1n) is 6.73. The van der Waals surface area contributed by atoms with E-state index in [0.29, 0.717) is 0 Å². The van der Waals surface area contributed by atoms with E-state index in [0.717, 1.165) is 31.1 Å². The fourth-order valence-corrected chi connectivity index (χ4v) is 5.74. The van der Waals surface area contributed by atoms with Gasteiger partial charge in [-0.25, -0.2) is 17.5 Å². The number of nitrogen functional groups attached to an aromatic ring is 1. The molecule has 0 aromatic heterocycles. The largest absolute Gasteiger partial charge is 0.398 e. The first-order chi connectivity index (χ1) is 9.85. The molecular weight excluding hydrogens is 379 g/mol. The molecule has 21 heavy (non-hydrogen) atoms. The Bertz CT molecular complexity index is 625. The van der Waals surface area contributed by atoms with Gasteiger partial charge < -0.3 is 5.73 Å². The van der Waals surface area contributed by atoms with Crippen molar-refractivity contribution >= 4 is 43.4 Å². The molecule has 4 nitrogen and oxygen atoms in total. The number of hydrogen-bond acceptors (Lipinski definition) is 4. The van der Waals surface area contributed by atoms with Crippen LogP contribution in [0.15, 0.2) is 21.5 Å². The summed E-state index contributed by atoms with van der Waals surface area (Å²) in [7, 11) is -3.75. The predicted octanol–water partition coefficient (Wildman–Crippen LogP) is 3.12. The predicted molar refractivity (Wildman–Crippen MR) is 88.4 cm³/mol. The van der Waals surface area contributed by atoms with E-state index in [2.05, 4.69) is 27.6 Å². The number of benzene rings is 1. The third-order valence-corrected chi connectivity index (χ3v) is 6.96. The molecule has 2 unspecified atom stereocenters. The van der Waals surface area contributed by atoms with E-state index in [1.54, 1.807) is 11.8 Å². The van der Waals surface area contributed by atoms with Gasteiger partial charge in [0, 0.05) is 11.3 Å². The number of rotatable bonds is 5. The first kappa shape index (κ1) is 17.1. The molecule has 0 bridgehead atoms. The van der Waals surface area contributed by atoms with E-state index in [1.165, 1.54) is 6.07 Å². The number of anilines is 1. The van der Waals surface area contributed by atoms with Crippen molar-refractivity contribution in [1.29, 1.82) is 0 Å². The Kier molecular flexibility index (Phi) is 5.56. The number of hydrogen-bond donors (Lipinski definition) is 2. The smallest absolute Gasteiger partial charge is 0.242 e. The van der Waals surface area contributed by atoms with E-state index in [1.807, 2.05) is 0 Å². The van der Waals surface area contributed by atoms with Crippen LogP contribution in [0.5, 0.6) is 0 Å². The first-order valence-corrected chi connectivity index (χ1v) is 10.1. The SMILES string of the molecule is CCSC1CCCC1NS(=O)(=O)c1cc(Br)c(F)cc1N. The minimum atomic E-state index is -3.75. The summed E-state index contributed by atoms with van der Waals surface area (Å²) in [6.07, 6.45) is 2.83. The maximum atomic E-state index is 13.4. The Hall–Kier alpha value is -0.310. The molecule has 1 aliphatic rings. The van der Waals surface area contributed by atoms with Gasteiger partial charge in [-0.2, -0.15) is 11.8 Å². The lowest BCUT2D eigenvalue weighted by Gasteiger charge is -2.20. The van der Waals surface area contributed by atoms with Crippen LogP contribution in [0.25, 0.3) is 0 Å². The number of halogens is 2. The van der Waals surface area contributed by atoms with Gasteiger partial charge in [0.2, 0.25) is 10.0 Å². The van der Waals surface area contributed by atoms with Crippen LogP contribution >= 0.6 is 27.7 Å². The van der Waals surface area contributed by atoms with Crippen molar-refractivity contribution in [3.63, 3.8) is 0 Å². The monoisotopic (exact) mass is 396 g/mol. The highest BCUT2D eigenvalue weighted by Gasteiger charge is 2.32. The van der Waals surface area contributed by atoms with Crippen molar-refractivity contribution in [2.75, 3.05) is 11.5 Å². The molecule has 1 saturated carbocycles. The molecule has 0 saturated heterocycles. The Labute approximate surface area is 137 Å². The van der Waals surface area contributed by atoms with Crippen molar-refractivity contribution in [3.8, 4) is 0 Å². The van der Waals surface area contributed by atoms with Crippen LogP contribution in [0.4, 0.5) is 10.1 Å². The molecule has 0 amide bonds. The fraction of sp³-hybridized carbons (Fsp3) is 0.538. The Balaban J connectivity index is 2.24. The molecule has 0 spiro atoms. The molecule has 1 aromatic carbocycles. The van der Waals surface area contributed by atoms with Gasteiger partial charge in [-0.15, -0.1) is 0 Å². The number of nitrogens with two attached hydrogens (primary N) is 1. The lowest BCUT2D eigenvalue weighted by atomic mass is 10.3. The third-order valence-electron chi connectivity index (χ3n) is 3.48. The molecule has 8 heteroatoms. The van der Waals surface area contributed by atoms with Crippen molar-refractivity contribution < 1.29 is 12.8 Å². The zero-order chi connectivity index (χ0) is 15.6. The minimum Gasteiger partial charge on any atom is -0.398 e. The Morgan fingerprint density at radius 1 is 1.48 bits per heavy atom. The summed E-state index contributed by atoms with van der Waals surface area (Å²) in [5.41, 5.74) is 5.58. The summed E-state index contributed by atoms with van der Waals surface area (Å²) in [4.78, 5) is -0.0806. The summed E-state index contributed by atoms with van der Waals surface area (Å²) in [5, 5.41) is 0.287. The van der Waals surface area contributed by atoms with Gasteiger partial charge in [0.05, 0.1) is 10.2 Å². The number of thioether (sulfide) groups is 1. The molecule has 1 aliphatic carbocycles. The molecule has 1 aromatic rings. The molecule has 0 radical (unpaired) electrons. The second-order valence-electron chi connectivity index (χ2n) is 4.96. The van der Waals surface area contributed by atoms with Crippen molar-refractivity contribution in [2.24, 2.45) is 0 Å². The van der Waals surface area contributed by atoms with Crippen LogP contribution in [-0.2, 0) is 10.0 Å². The highest BCUT2D eigenvalue weighted by molar-refractivity contribution is 9.10. The average molecular weight is 397 g/mol. The highest BCUT2D eigenvalue weighted by Crippen LogP contribution is 2.32. The van der Waals surface area contributed by atoms with E-state index in [4.69, 9.17) is 5.73 Å². The van der Waals surface area contributed by atoms with Gasteiger partial charge in [0.15, 0.2) is 0 Å². The van der Waals surface area contributed by atoms with E-state index < -0.39 is 15.8 Å². The standard InChI is InChI=1S/C13H18BrFN2O2S2/c1-2-20-12-5-3-4-11(12)17-21(18,19)13-6-8(14)9(15)7-10(13)16/h6-7,11-12,17H,2-5,16H2,1H3. The maximum absolute atomic E-state index is 13.4. The van der Waals surface area contributed by atoms with Crippen LogP contribution < -0.4 is 10.5 Å². The molecule has 3 N–H and O–H groups in total. The molecular formula is C13H18BrFN2O2S2. The van der Waals surface area contributed by atoms with Crippen LogP contribution in [0.3, 0.4) is 0 Å². The minimum absolute atomic E-state index is 0.0806. The molecule has 1 fully saturated rings. The topological polar surface area (TPSA) is 72.2 Å². The highest BCUT2D eigenvalue weighted by atomic mass is 79.9. The van der Waals surface area contributed by atoms with E-state index in [-0.39, 0.29) is 26.3 Å². The van der Waals surface area contributed by atoms with Crippen molar-refractivity contribution in [1.82, 2.24) is 4.72 Å². The Morgan fingerprint density at radius 3 is 2.86 bits per heavy atom. The second-order valence-corrected chi connectivity index (χ2v) is 9.01. The van der Waals surface area contributed by atoms with Gasteiger partial charge in [-0.1, -0.05) is 13.3 Å². The molecule has 0 heterocycles. The van der Waals surface area contributed by atoms with Gasteiger partial charge in [-0.05, 0) is 46.7 Å². The number of sulfonamides is 1. The van der Waals surface area contributed by atoms with Gasteiger partial charge >= 0.3 is 0 Å². The maximum Gasteiger partial charge on any atom is 0.242 e. The van der Waals surface area contributed by atoms with Gasteiger partial charge in [0.1, 0.15) is 10.7 Å². The van der Waals surface area contributed by atoms with E-state index >= 15 is 0 Å². The zero-order valence-electron chi connectivity index (χ0n) is 11.6. The third kappa shape index (κ3) is 3.91. The molecule has 2 atom stereocenters. The lowest BCUT2D eigenvalue weighted by Crippen LogP contribution is -2.39. The summed E-state index contributed by atoms with van der Waals surface area (Å²) < 4.78 is 41.1. The molecule has 2 rings (SSSR count). The van der Waals surface area contributed by atoms with Gasteiger partial charge in [0.25, 0.3) is 0 Å². The quantitative estimate of drug-likeness (QED) is 0.749.